The largest absolute Gasteiger partial charge is 0.396 e. The third-order valence-corrected chi connectivity index (χ3v) is 3.94. The number of halogens is 1. The number of aliphatic hydroxyl groups excluding tert-OH is 1. The van der Waals surface area contributed by atoms with Gasteiger partial charge in [-0.2, -0.15) is 5.10 Å². The zero-order valence-corrected chi connectivity index (χ0v) is 11.4. The summed E-state index contributed by atoms with van der Waals surface area (Å²) in [5, 5.41) is 18.5. The van der Waals surface area contributed by atoms with Gasteiger partial charge in [0.25, 0.3) is 5.91 Å². The number of nitrogens with zero attached hydrogens (tertiary/aromatic N) is 1. The van der Waals surface area contributed by atoms with Gasteiger partial charge in [0.05, 0.1) is 24.1 Å². The number of carbonyl (C=O) groups excluding carboxylic acids is 1. The van der Waals surface area contributed by atoms with E-state index >= 15 is 0 Å². The van der Waals surface area contributed by atoms with Crippen LogP contribution in [0.15, 0.2) is 30.5 Å². The van der Waals surface area contributed by atoms with Crippen LogP contribution in [0, 0.1) is 11.2 Å². The number of nitrogens with one attached hydrogen (secondary N) is 2. The molecule has 21 heavy (non-hydrogen) atoms. The average molecular weight is 289 g/mol. The molecule has 2 aromatic rings. The van der Waals surface area contributed by atoms with E-state index in [0.29, 0.717) is 23.4 Å². The number of H-pyrrole nitrogens is 1. The van der Waals surface area contributed by atoms with E-state index < -0.39 is 5.82 Å². The number of amides is 1. The number of aromatic nitrogens is 2. The maximum Gasteiger partial charge on any atom is 0.255 e. The molecule has 1 aliphatic carbocycles. The Bertz CT molecular complexity index is 664. The van der Waals surface area contributed by atoms with Gasteiger partial charge in [-0.05, 0) is 25.0 Å². The predicted octanol–water partition coefficient (Wildman–Crippen LogP) is 1.72. The fraction of sp³-hybridized carbons (Fsp3) is 0.333. The van der Waals surface area contributed by atoms with Crippen LogP contribution in [-0.2, 0) is 0 Å². The van der Waals surface area contributed by atoms with Gasteiger partial charge in [0.1, 0.15) is 5.82 Å². The zero-order valence-electron chi connectivity index (χ0n) is 11.4. The summed E-state index contributed by atoms with van der Waals surface area (Å²) in [6, 6.07) is 6.22. The van der Waals surface area contributed by atoms with Crippen LogP contribution in [0.5, 0.6) is 0 Å². The van der Waals surface area contributed by atoms with Gasteiger partial charge in [0.2, 0.25) is 0 Å². The molecule has 0 radical (unpaired) electrons. The zero-order chi connectivity index (χ0) is 14.9. The molecule has 1 fully saturated rings. The lowest BCUT2D eigenvalue weighted by Gasteiger charge is -2.12. The minimum absolute atomic E-state index is 0.0683. The van der Waals surface area contributed by atoms with E-state index in [0.717, 1.165) is 12.8 Å². The Hall–Kier alpha value is -2.21. The minimum Gasteiger partial charge on any atom is -0.396 e. The first-order valence-electron chi connectivity index (χ1n) is 6.82. The van der Waals surface area contributed by atoms with Crippen molar-refractivity contribution in [3.05, 3.63) is 41.8 Å². The van der Waals surface area contributed by atoms with Crippen molar-refractivity contribution < 1.29 is 14.3 Å². The molecule has 1 heterocycles. The van der Waals surface area contributed by atoms with Gasteiger partial charge in [-0.25, -0.2) is 4.39 Å². The highest BCUT2D eigenvalue weighted by Crippen LogP contribution is 2.44. The molecule has 1 amide bonds. The standard InChI is InChI=1S/C15H16FN3O2/c16-12-4-2-1-3-10(12)13-11(7-18-19-13)14(21)17-8-15(9-20)5-6-15/h1-4,7,20H,5-6,8-9H2,(H,17,21)(H,18,19). The second kappa shape index (κ2) is 5.29. The van der Waals surface area contributed by atoms with E-state index in [-0.39, 0.29) is 17.9 Å². The van der Waals surface area contributed by atoms with E-state index in [1.165, 1.54) is 12.3 Å². The highest BCUT2D eigenvalue weighted by molar-refractivity contribution is 5.99. The number of rotatable bonds is 5. The molecule has 6 heteroatoms. The Labute approximate surface area is 121 Å². The summed E-state index contributed by atoms with van der Waals surface area (Å²) in [5.74, 6) is -0.730. The highest BCUT2D eigenvalue weighted by atomic mass is 19.1. The van der Waals surface area contributed by atoms with E-state index in [1.54, 1.807) is 18.2 Å². The van der Waals surface area contributed by atoms with Crippen LogP contribution >= 0.6 is 0 Å². The summed E-state index contributed by atoms with van der Waals surface area (Å²) in [6.45, 7) is 0.489. The van der Waals surface area contributed by atoms with E-state index in [1.807, 2.05) is 0 Å². The molecule has 0 aliphatic heterocycles. The molecular weight excluding hydrogens is 273 g/mol. The van der Waals surface area contributed by atoms with Crippen molar-refractivity contribution in [3.8, 4) is 11.3 Å². The molecule has 1 aliphatic rings. The summed E-state index contributed by atoms with van der Waals surface area (Å²) in [6.07, 6.45) is 3.21. The molecule has 3 rings (SSSR count). The summed E-state index contributed by atoms with van der Waals surface area (Å²) in [7, 11) is 0. The molecule has 0 atom stereocenters. The molecule has 1 saturated carbocycles. The summed E-state index contributed by atoms with van der Waals surface area (Å²) < 4.78 is 13.8. The van der Waals surface area contributed by atoms with Crippen molar-refractivity contribution >= 4 is 5.91 Å². The Balaban J connectivity index is 1.79. The van der Waals surface area contributed by atoms with Crippen molar-refractivity contribution in [1.82, 2.24) is 15.5 Å². The summed E-state index contributed by atoms with van der Waals surface area (Å²) >= 11 is 0. The Morgan fingerprint density at radius 2 is 2.19 bits per heavy atom. The van der Waals surface area contributed by atoms with Crippen LogP contribution in [0.4, 0.5) is 4.39 Å². The van der Waals surface area contributed by atoms with E-state index in [4.69, 9.17) is 0 Å². The van der Waals surface area contributed by atoms with Crippen molar-refractivity contribution in [2.24, 2.45) is 5.41 Å². The van der Waals surface area contributed by atoms with E-state index in [2.05, 4.69) is 15.5 Å². The molecule has 110 valence electrons. The third kappa shape index (κ3) is 2.67. The average Bonchev–Trinajstić information content (AvgIpc) is 3.13. The van der Waals surface area contributed by atoms with Gasteiger partial charge < -0.3 is 10.4 Å². The molecular formula is C15H16FN3O2. The first-order valence-corrected chi connectivity index (χ1v) is 6.82. The number of hydrogen-bond donors (Lipinski definition) is 3. The molecule has 0 unspecified atom stereocenters. The van der Waals surface area contributed by atoms with Crippen LogP contribution in [-0.4, -0.2) is 34.4 Å². The second-order valence-electron chi connectivity index (χ2n) is 5.48. The van der Waals surface area contributed by atoms with Gasteiger partial charge in [0, 0.05) is 17.5 Å². The first-order chi connectivity index (χ1) is 10.2. The van der Waals surface area contributed by atoms with Crippen LogP contribution in [0.1, 0.15) is 23.2 Å². The first kappa shape index (κ1) is 13.8. The minimum atomic E-state index is -0.412. The molecule has 5 nitrogen and oxygen atoms in total. The summed E-state index contributed by atoms with van der Waals surface area (Å²) in [4.78, 5) is 12.2. The van der Waals surface area contributed by atoms with E-state index in [9.17, 15) is 14.3 Å². The normalized spacial score (nSPS) is 15.7. The van der Waals surface area contributed by atoms with Gasteiger partial charge in [0.15, 0.2) is 0 Å². The molecule has 0 spiro atoms. The maximum atomic E-state index is 13.8. The lowest BCUT2D eigenvalue weighted by molar-refractivity contribution is 0.0936. The topological polar surface area (TPSA) is 78.0 Å². The van der Waals surface area contributed by atoms with Crippen molar-refractivity contribution in [1.29, 1.82) is 0 Å². The second-order valence-corrected chi connectivity index (χ2v) is 5.48. The monoisotopic (exact) mass is 289 g/mol. The van der Waals surface area contributed by atoms with Gasteiger partial charge in [-0.3, -0.25) is 9.89 Å². The summed E-state index contributed by atoms with van der Waals surface area (Å²) in [5.41, 5.74) is 0.800. The number of hydrogen-bond acceptors (Lipinski definition) is 3. The molecule has 3 N–H and O–H groups in total. The Morgan fingerprint density at radius 1 is 1.43 bits per heavy atom. The number of aromatic amines is 1. The molecule has 0 bridgehead atoms. The maximum absolute atomic E-state index is 13.8. The van der Waals surface area contributed by atoms with Gasteiger partial charge in [-0.1, -0.05) is 12.1 Å². The smallest absolute Gasteiger partial charge is 0.255 e. The number of carbonyl (C=O) groups is 1. The van der Waals surface area contributed by atoms with Crippen molar-refractivity contribution in [3.63, 3.8) is 0 Å². The lowest BCUT2D eigenvalue weighted by atomic mass is 10.1. The fourth-order valence-electron chi connectivity index (χ4n) is 2.26. The predicted molar refractivity (Wildman–Crippen MR) is 75.1 cm³/mol. The quantitative estimate of drug-likeness (QED) is 0.784. The van der Waals surface area contributed by atoms with Gasteiger partial charge in [-0.15, -0.1) is 0 Å². The van der Waals surface area contributed by atoms with Crippen LogP contribution in [0.2, 0.25) is 0 Å². The number of aliphatic hydroxyl groups is 1. The van der Waals surface area contributed by atoms with Gasteiger partial charge >= 0.3 is 0 Å². The fourth-order valence-corrected chi connectivity index (χ4v) is 2.26. The van der Waals surface area contributed by atoms with Crippen LogP contribution in [0.25, 0.3) is 11.3 Å². The van der Waals surface area contributed by atoms with Crippen LogP contribution < -0.4 is 5.32 Å². The number of benzene rings is 1. The molecule has 0 saturated heterocycles. The highest BCUT2D eigenvalue weighted by Gasteiger charge is 2.42. The molecule has 1 aromatic carbocycles. The Morgan fingerprint density at radius 3 is 2.86 bits per heavy atom. The lowest BCUT2D eigenvalue weighted by Crippen LogP contribution is -2.31. The SMILES string of the molecule is O=C(NCC1(CO)CC1)c1cn[nH]c1-c1ccccc1F. The van der Waals surface area contributed by atoms with Crippen LogP contribution in [0.3, 0.4) is 0 Å². The third-order valence-electron chi connectivity index (χ3n) is 3.94. The Kier molecular flexibility index (Phi) is 3.47. The molecule has 1 aromatic heterocycles. The van der Waals surface area contributed by atoms with Crippen molar-refractivity contribution in [2.45, 2.75) is 12.8 Å². The van der Waals surface area contributed by atoms with Crippen molar-refractivity contribution in [2.75, 3.05) is 13.2 Å².